The first-order valence-corrected chi connectivity index (χ1v) is 10.5. The van der Waals surface area contributed by atoms with Crippen molar-refractivity contribution in [1.82, 2.24) is 14.3 Å². The number of hydrogen-bond donors (Lipinski definition) is 2. The van der Waals surface area contributed by atoms with Crippen molar-refractivity contribution in [3.63, 3.8) is 0 Å². The summed E-state index contributed by atoms with van der Waals surface area (Å²) in [4.78, 5) is 16.0. The number of amides is 1. The molecular formula is C19H18N4O4S. The highest BCUT2D eigenvalue weighted by Crippen LogP contribution is 2.34. The number of rotatable bonds is 3. The number of anilines is 1. The zero-order chi connectivity index (χ0) is 19.3. The van der Waals surface area contributed by atoms with Gasteiger partial charge < -0.3 is 15.4 Å². The normalized spacial score (nSPS) is 19.3. The van der Waals surface area contributed by atoms with Crippen LogP contribution in [0.5, 0.6) is 5.75 Å². The molecule has 0 bridgehead atoms. The summed E-state index contributed by atoms with van der Waals surface area (Å²) in [5, 5.41) is 5.98. The molecule has 3 aromatic rings. The molecule has 1 saturated heterocycles. The molecule has 1 fully saturated rings. The maximum absolute atomic E-state index is 13.4. The highest BCUT2D eigenvalue weighted by Gasteiger charge is 2.28. The standard InChI is InChI=1S/C19H18N4O4S/c24-18-11-27-17-8-13(3-4-15(17)22-18)28(25,26)23-10-14(12-5-7-20-9-12)19-16(23)2-1-6-21-19/h1-4,6,8,10,12,20H,5,7,9,11H2,(H,22,24). The molecule has 2 aromatic heterocycles. The summed E-state index contributed by atoms with van der Waals surface area (Å²) < 4.78 is 33.5. The molecule has 8 nitrogen and oxygen atoms in total. The molecule has 1 atom stereocenters. The van der Waals surface area contributed by atoms with E-state index in [2.05, 4.69) is 15.6 Å². The van der Waals surface area contributed by atoms with Gasteiger partial charge in [-0.1, -0.05) is 0 Å². The summed E-state index contributed by atoms with van der Waals surface area (Å²) in [7, 11) is -3.86. The first-order chi connectivity index (χ1) is 13.5. The molecule has 144 valence electrons. The summed E-state index contributed by atoms with van der Waals surface area (Å²) >= 11 is 0. The molecule has 0 spiro atoms. The first-order valence-electron chi connectivity index (χ1n) is 9.03. The smallest absolute Gasteiger partial charge is 0.268 e. The Hall–Kier alpha value is -2.91. The van der Waals surface area contributed by atoms with E-state index in [-0.39, 0.29) is 23.3 Å². The van der Waals surface area contributed by atoms with Gasteiger partial charge in [-0.25, -0.2) is 12.4 Å². The topological polar surface area (TPSA) is 102 Å². The second-order valence-corrected chi connectivity index (χ2v) is 8.76. The number of nitrogens with one attached hydrogen (secondary N) is 2. The Kier molecular flexibility index (Phi) is 3.88. The van der Waals surface area contributed by atoms with E-state index in [4.69, 9.17) is 4.74 Å². The molecule has 28 heavy (non-hydrogen) atoms. The summed E-state index contributed by atoms with van der Waals surface area (Å²) in [6.45, 7) is 1.58. The summed E-state index contributed by atoms with van der Waals surface area (Å²) in [6.07, 6.45) is 4.31. The third-order valence-electron chi connectivity index (χ3n) is 5.20. The van der Waals surface area contributed by atoms with E-state index in [1.807, 2.05) is 0 Å². The number of carbonyl (C=O) groups is 1. The molecular weight excluding hydrogens is 380 g/mol. The number of aromatic nitrogens is 2. The van der Waals surface area contributed by atoms with Crippen LogP contribution in [-0.2, 0) is 14.8 Å². The number of ether oxygens (including phenoxy) is 1. The van der Waals surface area contributed by atoms with Crippen molar-refractivity contribution < 1.29 is 17.9 Å². The van der Waals surface area contributed by atoms with Crippen molar-refractivity contribution in [2.45, 2.75) is 17.2 Å². The first kappa shape index (κ1) is 17.2. The number of benzene rings is 1. The third kappa shape index (κ3) is 2.66. The van der Waals surface area contributed by atoms with Gasteiger partial charge in [-0.15, -0.1) is 0 Å². The van der Waals surface area contributed by atoms with Gasteiger partial charge in [-0.05, 0) is 37.2 Å². The third-order valence-corrected chi connectivity index (χ3v) is 6.87. The molecule has 1 aromatic carbocycles. The van der Waals surface area contributed by atoms with Crippen molar-refractivity contribution >= 4 is 32.7 Å². The quantitative estimate of drug-likeness (QED) is 0.696. The molecule has 2 aliphatic heterocycles. The van der Waals surface area contributed by atoms with Gasteiger partial charge in [-0.2, -0.15) is 0 Å². The minimum atomic E-state index is -3.86. The van der Waals surface area contributed by atoms with Crippen molar-refractivity contribution in [2.24, 2.45) is 0 Å². The van der Waals surface area contributed by atoms with E-state index in [1.54, 1.807) is 30.6 Å². The molecule has 2 N–H and O–H groups in total. The van der Waals surface area contributed by atoms with E-state index in [0.29, 0.717) is 22.5 Å². The average molecular weight is 398 g/mol. The predicted molar refractivity (Wildman–Crippen MR) is 103 cm³/mol. The minimum absolute atomic E-state index is 0.0965. The molecule has 1 amide bonds. The SMILES string of the molecule is O=C1COc2cc(S(=O)(=O)n3cc(C4CCNC4)c4ncccc43)ccc2N1. The minimum Gasteiger partial charge on any atom is -0.482 e. The highest BCUT2D eigenvalue weighted by molar-refractivity contribution is 7.90. The van der Waals surface area contributed by atoms with Crippen LogP contribution in [-0.4, -0.2) is 43.0 Å². The van der Waals surface area contributed by atoms with E-state index in [0.717, 1.165) is 25.1 Å². The number of fused-ring (bicyclic) bond motifs is 2. The zero-order valence-corrected chi connectivity index (χ0v) is 15.7. The average Bonchev–Trinajstić information content (AvgIpc) is 3.35. The lowest BCUT2D eigenvalue weighted by atomic mass is 10.0. The van der Waals surface area contributed by atoms with Crippen LogP contribution < -0.4 is 15.4 Å². The summed E-state index contributed by atoms with van der Waals surface area (Å²) in [6, 6.07) is 7.97. The molecule has 0 saturated carbocycles. The summed E-state index contributed by atoms with van der Waals surface area (Å²) in [5.74, 6) is 0.312. The molecule has 2 aliphatic rings. The van der Waals surface area contributed by atoms with Gasteiger partial charge in [0.15, 0.2) is 6.61 Å². The summed E-state index contributed by atoms with van der Waals surface area (Å²) in [5.41, 5.74) is 2.66. The van der Waals surface area contributed by atoms with Gasteiger partial charge in [-0.3, -0.25) is 9.78 Å². The maximum atomic E-state index is 13.4. The van der Waals surface area contributed by atoms with Crippen LogP contribution in [0.3, 0.4) is 0 Å². The maximum Gasteiger partial charge on any atom is 0.268 e. The molecule has 9 heteroatoms. The lowest BCUT2D eigenvalue weighted by Gasteiger charge is -2.18. The predicted octanol–water partition coefficient (Wildman–Crippen LogP) is 1.68. The monoisotopic (exact) mass is 398 g/mol. The van der Waals surface area contributed by atoms with E-state index >= 15 is 0 Å². The van der Waals surface area contributed by atoms with Gasteiger partial charge in [0.2, 0.25) is 0 Å². The van der Waals surface area contributed by atoms with E-state index in [1.165, 1.54) is 16.1 Å². The Morgan fingerprint density at radius 2 is 2.14 bits per heavy atom. The van der Waals surface area contributed by atoms with E-state index < -0.39 is 10.0 Å². The van der Waals surface area contributed by atoms with Crippen LogP contribution in [0.15, 0.2) is 47.6 Å². The number of nitrogens with zero attached hydrogens (tertiary/aromatic N) is 2. The lowest BCUT2D eigenvalue weighted by molar-refractivity contribution is -0.118. The Labute approximate surface area is 161 Å². The van der Waals surface area contributed by atoms with Crippen molar-refractivity contribution in [3.05, 3.63) is 48.3 Å². The Morgan fingerprint density at radius 3 is 2.96 bits per heavy atom. The van der Waals surface area contributed by atoms with Gasteiger partial charge >= 0.3 is 0 Å². The Morgan fingerprint density at radius 1 is 1.25 bits per heavy atom. The second-order valence-electron chi connectivity index (χ2n) is 6.94. The molecule has 1 unspecified atom stereocenters. The van der Waals surface area contributed by atoms with Gasteiger partial charge in [0.05, 0.1) is 21.6 Å². The largest absolute Gasteiger partial charge is 0.482 e. The number of carbonyl (C=O) groups excluding carboxylic acids is 1. The molecule has 5 rings (SSSR count). The van der Waals surface area contributed by atoms with Crippen LogP contribution in [0.1, 0.15) is 17.9 Å². The van der Waals surface area contributed by atoms with Gasteiger partial charge in [0.1, 0.15) is 5.75 Å². The second kappa shape index (κ2) is 6.32. The zero-order valence-electron chi connectivity index (χ0n) is 14.9. The Balaban J connectivity index is 1.64. The molecule has 0 aliphatic carbocycles. The van der Waals surface area contributed by atoms with Crippen LogP contribution in [0.25, 0.3) is 11.0 Å². The van der Waals surface area contributed by atoms with Crippen molar-refractivity contribution in [2.75, 3.05) is 25.0 Å². The van der Waals surface area contributed by atoms with E-state index in [9.17, 15) is 13.2 Å². The fourth-order valence-corrected chi connectivity index (χ4v) is 5.18. The lowest BCUT2D eigenvalue weighted by Crippen LogP contribution is -2.25. The van der Waals surface area contributed by atoms with Crippen LogP contribution in [0.2, 0.25) is 0 Å². The molecule has 0 radical (unpaired) electrons. The van der Waals surface area contributed by atoms with Crippen molar-refractivity contribution in [1.29, 1.82) is 0 Å². The van der Waals surface area contributed by atoms with Crippen molar-refractivity contribution in [3.8, 4) is 5.75 Å². The van der Waals surface area contributed by atoms with Gasteiger partial charge in [0.25, 0.3) is 15.9 Å². The molecule has 4 heterocycles. The Bertz CT molecular complexity index is 1200. The highest BCUT2D eigenvalue weighted by atomic mass is 32.2. The fourth-order valence-electron chi connectivity index (χ4n) is 3.80. The van der Waals surface area contributed by atoms with Crippen LogP contribution in [0.4, 0.5) is 5.69 Å². The number of hydrogen-bond acceptors (Lipinski definition) is 6. The number of pyridine rings is 1. The van der Waals surface area contributed by atoms with Crippen LogP contribution in [0, 0.1) is 0 Å². The fraction of sp³-hybridized carbons (Fsp3) is 0.263. The van der Waals surface area contributed by atoms with Crippen LogP contribution >= 0.6 is 0 Å². The van der Waals surface area contributed by atoms with Gasteiger partial charge in [0, 0.05) is 36.5 Å².